The maximum absolute atomic E-state index is 12.7. The second-order valence-corrected chi connectivity index (χ2v) is 7.55. The third-order valence-corrected chi connectivity index (χ3v) is 5.84. The number of carboxylic acids is 1. The van der Waals surface area contributed by atoms with Gasteiger partial charge in [-0.3, -0.25) is 4.79 Å². The lowest BCUT2D eigenvalue weighted by atomic mass is 9.78. The van der Waals surface area contributed by atoms with Crippen LogP contribution in [0.1, 0.15) is 97.5 Å². The summed E-state index contributed by atoms with van der Waals surface area (Å²) in [4.78, 5) is 23.5. The first kappa shape index (κ1) is 17.9. The number of allylic oxidation sites excluding steroid dienone is 1. The summed E-state index contributed by atoms with van der Waals surface area (Å²) in [5.41, 5.74) is 3.11. The molecule has 0 bridgehead atoms. The van der Waals surface area contributed by atoms with Crippen LogP contribution in [-0.4, -0.2) is 16.9 Å². The summed E-state index contributed by atoms with van der Waals surface area (Å²) in [6, 6.07) is 6.44. The Kier molecular flexibility index (Phi) is 6.06. The number of hydrogen-bond acceptors (Lipinski definition) is 2. The van der Waals surface area contributed by atoms with Crippen LogP contribution in [-0.2, 0) is 4.79 Å². The van der Waals surface area contributed by atoms with Gasteiger partial charge in [0, 0.05) is 11.6 Å². The van der Waals surface area contributed by atoms with Crippen molar-refractivity contribution < 1.29 is 14.7 Å². The average molecular weight is 340 g/mol. The van der Waals surface area contributed by atoms with Gasteiger partial charge in [-0.1, -0.05) is 50.7 Å². The standard InChI is InChI=1S/C22H28O3/c23-21(13-14-22(24)25)20-15-18(16-7-3-1-4-8-16)11-12-19(20)17-9-5-2-6-10-17/h11-17H,1-10H2,(H,24,25)/b14-13+. The van der Waals surface area contributed by atoms with E-state index in [4.69, 9.17) is 5.11 Å². The van der Waals surface area contributed by atoms with Crippen molar-refractivity contribution in [3.05, 3.63) is 47.0 Å². The molecule has 1 aromatic rings. The van der Waals surface area contributed by atoms with Crippen molar-refractivity contribution in [2.45, 2.75) is 76.0 Å². The molecule has 2 saturated carbocycles. The Labute approximate surface area is 150 Å². The van der Waals surface area contributed by atoms with E-state index in [9.17, 15) is 9.59 Å². The van der Waals surface area contributed by atoms with E-state index < -0.39 is 5.97 Å². The highest BCUT2D eigenvalue weighted by Gasteiger charge is 2.23. The van der Waals surface area contributed by atoms with Gasteiger partial charge in [0.2, 0.25) is 0 Å². The van der Waals surface area contributed by atoms with Crippen LogP contribution in [0.25, 0.3) is 0 Å². The number of aliphatic carboxylic acids is 1. The van der Waals surface area contributed by atoms with E-state index in [0.717, 1.165) is 30.0 Å². The summed E-state index contributed by atoms with van der Waals surface area (Å²) in [6.07, 6.45) is 14.4. The van der Waals surface area contributed by atoms with E-state index in [2.05, 4.69) is 18.2 Å². The van der Waals surface area contributed by atoms with E-state index in [1.54, 1.807) is 0 Å². The molecule has 0 spiro atoms. The lowest BCUT2D eigenvalue weighted by Crippen LogP contribution is -2.12. The smallest absolute Gasteiger partial charge is 0.328 e. The fourth-order valence-corrected chi connectivity index (χ4v) is 4.48. The summed E-state index contributed by atoms with van der Waals surface area (Å²) in [6.45, 7) is 0. The average Bonchev–Trinajstić information content (AvgIpc) is 2.67. The maximum Gasteiger partial charge on any atom is 0.328 e. The highest BCUT2D eigenvalue weighted by atomic mass is 16.4. The van der Waals surface area contributed by atoms with Crippen LogP contribution in [0.3, 0.4) is 0 Å². The highest BCUT2D eigenvalue weighted by Crippen LogP contribution is 2.38. The lowest BCUT2D eigenvalue weighted by molar-refractivity contribution is -0.131. The molecule has 2 aliphatic carbocycles. The first-order valence-corrected chi connectivity index (χ1v) is 9.74. The summed E-state index contributed by atoms with van der Waals surface area (Å²) in [7, 11) is 0. The van der Waals surface area contributed by atoms with Crippen molar-refractivity contribution in [2.75, 3.05) is 0 Å². The number of ketones is 1. The van der Waals surface area contributed by atoms with Crippen molar-refractivity contribution >= 4 is 11.8 Å². The van der Waals surface area contributed by atoms with Crippen molar-refractivity contribution in [3.63, 3.8) is 0 Å². The SMILES string of the molecule is O=C(O)/C=C/C(=O)c1cc(C2CCCCC2)ccc1C1CCCCC1. The second kappa shape index (κ2) is 8.46. The number of carboxylic acid groups (broad SMARTS) is 1. The molecule has 3 nitrogen and oxygen atoms in total. The molecular formula is C22H28O3. The van der Waals surface area contributed by atoms with Gasteiger partial charge < -0.3 is 5.11 Å². The normalized spacial score (nSPS) is 20.0. The van der Waals surface area contributed by atoms with Crippen LogP contribution in [0, 0.1) is 0 Å². The van der Waals surface area contributed by atoms with Crippen molar-refractivity contribution in [2.24, 2.45) is 0 Å². The largest absolute Gasteiger partial charge is 0.478 e. The van der Waals surface area contributed by atoms with Gasteiger partial charge in [-0.15, -0.1) is 0 Å². The summed E-state index contributed by atoms with van der Waals surface area (Å²) in [5.74, 6) is -0.257. The quantitative estimate of drug-likeness (QED) is 0.560. The molecule has 1 aromatic carbocycles. The zero-order valence-corrected chi connectivity index (χ0v) is 14.9. The van der Waals surface area contributed by atoms with Crippen molar-refractivity contribution in [1.82, 2.24) is 0 Å². The van der Waals surface area contributed by atoms with E-state index in [-0.39, 0.29) is 5.78 Å². The van der Waals surface area contributed by atoms with E-state index >= 15 is 0 Å². The third kappa shape index (κ3) is 4.59. The Bertz CT molecular complexity index is 647. The van der Waals surface area contributed by atoms with Gasteiger partial charge in [-0.05, 0) is 60.8 Å². The van der Waals surface area contributed by atoms with Crippen LogP contribution in [0.5, 0.6) is 0 Å². The molecule has 3 rings (SSSR count). The summed E-state index contributed by atoms with van der Waals surface area (Å²) < 4.78 is 0. The zero-order chi connectivity index (χ0) is 17.6. The Hall–Kier alpha value is -1.90. The van der Waals surface area contributed by atoms with Crippen LogP contribution < -0.4 is 0 Å². The third-order valence-electron chi connectivity index (χ3n) is 5.84. The fourth-order valence-electron chi connectivity index (χ4n) is 4.48. The minimum Gasteiger partial charge on any atom is -0.478 e. The van der Waals surface area contributed by atoms with Gasteiger partial charge in [0.25, 0.3) is 0 Å². The van der Waals surface area contributed by atoms with Crippen molar-refractivity contribution in [3.8, 4) is 0 Å². The van der Waals surface area contributed by atoms with Gasteiger partial charge in [-0.25, -0.2) is 4.79 Å². The molecule has 2 fully saturated rings. The molecule has 0 heterocycles. The van der Waals surface area contributed by atoms with Gasteiger partial charge in [0.05, 0.1) is 0 Å². The second-order valence-electron chi connectivity index (χ2n) is 7.55. The Balaban J connectivity index is 1.92. The molecule has 0 aliphatic heterocycles. The van der Waals surface area contributed by atoms with Crippen LogP contribution in [0.4, 0.5) is 0 Å². The number of carbonyl (C=O) groups is 2. The van der Waals surface area contributed by atoms with Gasteiger partial charge >= 0.3 is 5.97 Å². The Morgan fingerprint density at radius 3 is 2.04 bits per heavy atom. The summed E-state index contributed by atoms with van der Waals surface area (Å²) in [5, 5.41) is 8.85. The summed E-state index contributed by atoms with van der Waals surface area (Å²) >= 11 is 0. The number of benzene rings is 1. The Morgan fingerprint density at radius 2 is 1.44 bits per heavy atom. The van der Waals surface area contributed by atoms with Crippen LogP contribution in [0.15, 0.2) is 30.4 Å². The molecule has 3 heteroatoms. The monoisotopic (exact) mass is 340 g/mol. The number of hydrogen-bond donors (Lipinski definition) is 1. The van der Waals surface area contributed by atoms with Crippen LogP contribution >= 0.6 is 0 Å². The van der Waals surface area contributed by atoms with E-state index in [1.807, 2.05) is 0 Å². The Morgan fingerprint density at radius 1 is 0.840 bits per heavy atom. The topological polar surface area (TPSA) is 54.4 Å². The van der Waals surface area contributed by atoms with Gasteiger partial charge in [0.1, 0.15) is 0 Å². The van der Waals surface area contributed by atoms with E-state index in [1.165, 1.54) is 63.0 Å². The molecule has 25 heavy (non-hydrogen) atoms. The first-order chi connectivity index (χ1) is 12.1. The maximum atomic E-state index is 12.7. The molecule has 0 atom stereocenters. The molecule has 0 radical (unpaired) electrons. The molecular weight excluding hydrogens is 312 g/mol. The predicted octanol–water partition coefficient (Wildman–Crippen LogP) is 5.61. The van der Waals surface area contributed by atoms with Gasteiger partial charge in [0.15, 0.2) is 5.78 Å². The molecule has 134 valence electrons. The van der Waals surface area contributed by atoms with Crippen LogP contribution in [0.2, 0.25) is 0 Å². The molecule has 0 saturated heterocycles. The zero-order valence-electron chi connectivity index (χ0n) is 14.9. The molecule has 0 unspecified atom stereocenters. The van der Waals surface area contributed by atoms with Gasteiger partial charge in [-0.2, -0.15) is 0 Å². The molecule has 1 N–H and O–H groups in total. The minimum absolute atomic E-state index is 0.166. The number of carbonyl (C=O) groups excluding carboxylic acids is 1. The fraction of sp³-hybridized carbons (Fsp3) is 0.545. The molecule has 0 aromatic heterocycles. The number of rotatable bonds is 5. The highest BCUT2D eigenvalue weighted by molar-refractivity contribution is 6.08. The van der Waals surface area contributed by atoms with E-state index in [0.29, 0.717) is 11.8 Å². The molecule has 0 amide bonds. The molecule has 2 aliphatic rings. The lowest BCUT2D eigenvalue weighted by Gasteiger charge is -2.26. The minimum atomic E-state index is -1.07. The predicted molar refractivity (Wildman–Crippen MR) is 99.2 cm³/mol. The first-order valence-electron chi connectivity index (χ1n) is 9.74. The van der Waals surface area contributed by atoms with Crippen molar-refractivity contribution in [1.29, 1.82) is 0 Å².